The minimum Gasteiger partial charge on any atom is -0.335 e. The molecule has 3 aromatic rings. The number of aromatic nitrogens is 3. The first-order chi connectivity index (χ1) is 13.8. The van der Waals surface area contributed by atoms with Crippen LogP contribution < -0.4 is 17.0 Å². The molecule has 0 bridgehead atoms. The standard InChI is InChI=1S/C21H23N5O3/c1-12-9-16(23-18-17(12)20(28)25(3)21(29)24(18)2)19(27)26-10-14(15(22)11-26)13-7-5-4-6-8-13/h4-9,14-15H,10-11,22H2,1-3H3/t14-,15+/m0/s1. The summed E-state index contributed by atoms with van der Waals surface area (Å²) in [6, 6.07) is 11.3. The minimum absolute atomic E-state index is 0.0540. The van der Waals surface area contributed by atoms with Crippen molar-refractivity contribution in [2.45, 2.75) is 18.9 Å². The van der Waals surface area contributed by atoms with Gasteiger partial charge in [-0.05, 0) is 24.1 Å². The van der Waals surface area contributed by atoms with Gasteiger partial charge >= 0.3 is 5.69 Å². The lowest BCUT2D eigenvalue weighted by Gasteiger charge is -2.17. The SMILES string of the molecule is Cc1cc(C(=O)N2C[C@@H](N)[C@H](c3ccccc3)C2)nc2c1c(=O)n(C)c(=O)n2C. The van der Waals surface area contributed by atoms with E-state index in [0.717, 1.165) is 10.1 Å². The summed E-state index contributed by atoms with van der Waals surface area (Å²) in [5, 5.41) is 0.339. The molecule has 2 atom stereocenters. The van der Waals surface area contributed by atoms with Crippen molar-refractivity contribution in [2.75, 3.05) is 13.1 Å². The maximum Gasteiger partial charge on any atom is 0.332 e. The third kappa shape index (κ3) is 3.05. The average Bonchev–Trinajstić information content (AvgIpc) is 3.11. The summed E-state index contributed by atoms with van der Waals surface area (Å²) >= 11 is 0. The van der Waals surface area contributed by atoms with Crippen molar-refractivity contribution in [3.8, 4) is 0 Å². The molecule has 0 aliphatic carbocycles. The van der Waals surface area contributed by atoms with E-state index in [2.05, 4.69) is 4.98 Å². The molecule has 150 valence electrons. The van der Waals surface area contributed by atoms with Gasteiger partial charge in [-0.25, -0.2) is 9.78 Å². The quantitative estimate of drug-likeness (QED) is 0.683. The first-order valence-electron chi connectivity index (χ1n) is 9.46. The van der Waals surface area contributed by atoms with Crippen LogP contribution in [0, 0.1) is 6.92 Å². The molecule has 3 heterocycles. The predicted molar refractivity (Wildman–Crippen MR) is 110 cm³/mol. The lowest BCUT2D eigenvalue weighted by Crippen LogP contribution is -2.38. The Labute approximate surface area is 167 Å². The van der Waals surface area contributed by atoms with Crippen LogP contribution in [-0.2, 0) is 14.1 Å². The number of likely N-dealkylation sites (tertiary alicyclic amines) is 1. The van der Waals surface area contributed by atoms with E-state index < -0.39 is 11.2 Å². The fourth-order valence-electron chi connectivity index (χ4n) is 4.05. The summed E-state index contributed by atoms with van der Waals surface area (Å²) in [5.41, 5.74) is 7.55. The van der Waals surface area contributed by atoms with E-state index in [0.29, 0.717) is 24.0 Å². The first-order valence-corrected chi connectivity index (χ1v) is 9.46. The van der Waals surface area contributed by atoms with Crippen LogP contribution in [-0.4, -0.2) is 44.1 Å². The van der Waals surface area contributed by atoms with Crippen LogP contribution in [0.2, 0.25) is 0 Å². The van der Waals surface area contributed by atoms with Crippen LogP contribution in [0.3, 0.4) is 0 Å². The third-order valence-corrected chi connectivity index (χ3v) is 5.71. The fraction of sp³-hybridized carbons (Fsp3) is 0.333. The van der Waals surface area contributed by atoms with Crippen molar-refractivity contribution in [1.29, 1.82) is 0 Å². The van der Waals surface area contributed by atoms with Crippen molar-refractivity contribution in [3.63, 3.8) is 0 Å². The van der Waals surface area contributed by atoms with Gasteiger partial charge in [-0.3, -0.25) is 18.7 Å². The lowest BCUT2D eigenvalue weighted by molar-refractivity contribution is 0.0783. The van der Waals surface area contributed by atoms with Crippen LogP contribution in [0.4, 0.5) is 0 Å². The predicted octanol–water partition coefficient (Wildman–Crippen LogP) is 0.508. The highest BCUT2D eigenvalue weighted by Crippen LogP contribution is 2.27. The van der Waals surface area contributed by atoms with Gasteiger partial charge < -0.3 is 10.6 Å². The molecule has 8 heteroatoms. The summed E-state index contributed by atoms with van der Waals surface area (Å²) in [6.45, 7) is 2.67. The normalized spacial score (nSPS) is 19.1. The molecule has 1 aliphatic heterocycles. The molecular formula is C21H23N5O3. The summed E-state index contributed by atoms with van der Waals surface area (Å²) < 4.78 is 2.34. The second-order valence-corrected chi connectivity index (χ2v) is 7.62. The molecule has 0 unspecified atom stereocenters. The fourth-order valence-corrected chi connectivity index (χ4v) is 4.05. The Morgan fingerprint density at radius 1 is 1.10 bits per heavy atom. The van der Waals surface area contributed by atoms with Crippen molar-refractivity contribution in [1.82, 2.24) is 19.0 Å². The van der Waals surface area contributed by atoms with Gasteiger partial charge in [0.25, 0.3) is 11.5 Å². The zero-order valence-corrected chi connectivity index (χ0v) is 16.6. The van der Waals surface area contributed by atoms with Gasteiger partial charge in [-0.2, -0.15) is 0 Å². The number of hydrogen-bond acceptors (Lipinski definition) is 5. The molecule has 2 aromatic heterocycles. The van der Waals surface area contributed by atoms with E-state index in [1.165, 1.54) is 11.6 Å². The topological polar surface area (TPSA) is 103 Å². The van der Waals surface area contributed by atoms with Gasteiger partial charge in [0, 0.05) is 39.1 Å². The Bertz CT molecular complexity index is 1230. The number of hydrogen-bond donors (Lipinski definition) is 1. The van der Waals surface area contributed by atoms with Crippen LogP contribution in [0.5, 0.6) is 0 Å². The zero-order valence-electron chi connectivity index (χ0n) is 16.6. The van der Waals surface area contributed by atoms with Gasteiger partial charge in [-0.1, -0.05) is 30.3 Å². The van der Waals surface area contributed by atoms with Gasteiger partial charge in [-0.15, -0.1) is 0 Å². The average molecular weight is 393 g/mol. The number of nitrogens with zero attached hydrogens (tertiary/aromatic N) is 4. The molecule has 1 fully saturated rings. The molecule has 1 aromatic carbocycles. The molecule has 29 heavy (non-hydrogen) atoms. The van der Waals surface area contributed by atoms with Crippen LogP contribution >= 0.6 is 0 Å². The van der Waals surface area contributed by atoms with Crippen molar-refractivity contribution in [2.24, 2.45) is 19.8 Å². The largest absolute Gasteiger partial charge is 0.335 e. The molecule has 8 nitrogen and oxygen atoms in total. The summed E-state index contributed by atoms with van der Waals surface area (Å²) in [4.78, 5) is 44.0. The van der Waals surface area contributed by atoms with E-state index in [-0.39, 0.29) is 29.2 Å². The highest BCUT2D eigenvalue weighted by molar-refractivity contribution is 5.95. The Hall–Kier alpha value is -3.26. The lowest BCUT2D eigenvalue weighted by atomic mass is 9.95. The van der Waals surface area contributed by atoms with E-state index in [1.807, 2.05) is 30.3 Å². The molecule has 2 N–H and O–H groups in total. The number of carbonyl (C=O) groups is 1. The minimum atomic E-state index is -0.480. The molecule has 0 saturated carbocycles. The second kappa shape index (κ2) is 6.97. The summed E-state index contributed by atoms with van der Waals surface area (Å²) in [6.07, 6.45) is 0. The molecule has 0 radical (unpaired) electrons. The van der Waals surface area contributed by atoms with E-state index >= 15 is 0 Å². The number of benzene rings is 1. The van der Waals surface area contributed by atoms with Crippen molar-refractivity contribution < 1.29 is 4.79 Å². The maximum absolute atomic E-state index is 13.2. The van der Waals surface area contributed by atoms with Gasteiger partial charge in [0.15, 0.2) is 0 Å². The molecule has 1 aliphatic rings. The van der Waals surface area contributed by atoms with Crippen LogP contribution in [0.25, 0.3) is 11.0 Å². The van der Waals surface area contributed by atoms with Gasteiger partial charge in [0.1, 0.15) is 11.3 Å². The molecule has 4 rings (SSSR count). The third-order valence-electron chi connectivity index (χ3n) is 5.71. The highest BCUT2D eigenvalue weighted by atomic mass is 16.2. The molecular weight excluding hydrogens is 370 g/mol. The zero-order chi connectivity index (χ0) is 20.9. The van der Waals surface area contributed by atoms with Crippen LogP contribution in [0.15, 0.2) is 46.0 Å². The smallest absolute Gasteiger partial charge is 0.332 e. The summed E-state index contributed by atoms with van der Waals surface area (Å²) in [5.74, 6) is -0.199. The number of carbonyl (C=O) groups excluding carboxylic acids is 1. The van der Waals surface area contributed by atoms with Gasteiger partial charge in [0.2, 0.25) is 0 Å². The summed E-state index contributed by atoms with van der Waals surface area (Å²) in [7, 11) is 2.97. The van der Waals surface area contributed by atoms with Gasteiger partial charge in [0.05, 0.1) is 5.39 Å². The number of pyridine rings is 1. The van der Waals surface area contributed by atoms with E-state index in [1.54, 1.807) is 24.9 Å². The highest BCUT2D eigenvalue weighted by Gasteiger charge is 2.35. The van der Waals surface area contributed by atoms with Crippen molar-refractivity contribution in [3.05, 3.63) is 74.1 Å². The number of aryl methyl sites for hydroxylation is 2. The van der Waals surface area contributed by atoms with E-state index in [4.69, 9.17) is 5.73 Å². The van der Waals surface area contributed by atoms with Crippen LogP contribution in [0.1, 0.15) is 27.5 Å². The monoisotopic (exact) mass is 393 g/mol. The number of amides is 1. The Kier molecular flexibility index (Phi) is 4.58. The number of rotatable bonds is 2. The molecule has 1 saturated heterocycles. The maximum atomic E-state index is 13.2. The Balaban J connectivity index is 1.73. The Morgan fingerprint density at radius 2 is 1.79 bits per heavy atom. The first kappa shape index (κ1) is 19.1. The van der Waals surface area contributed by atoms with E-state index in [9.17, 15) is 14.4 Å². The second-order valence-electron chi connectivity index (χ2n) is 7.62. The molecule has 0 spiro atoms. The number of nitrogens with two attached hydrogens (primary N) is 1. The van der Waals surface area contributed by atoms with Crippen molar-refractivity contribution >= 4 is 16.9 Å². The molecule has 1 amide bonds. The number of fused-ring (bicyclic) bond motifs is 1. The Morgan fingerprint density at radius 3 is 2.48 bits per heavy atom.